The smallest absolute Gasteiger partial charge is 0.171 e. The van der Waals surface area contributed by atoms with Crippen molar-refractivity contribution in [3.63, 3.8) is 0 Å². The van der Waals surface area contributed by atoms with E-state index in [0.29, 0.717) is 28.8 Å². The molecule has 0 aromatic carbocycles. The predicted octanol–water partition coefficient (Wildman–Crippen LogP) is 7.77. The van der Waals surface area contributed by atoms with E-state index in [1.54, 1.807) is 0 Å². The van der Waals surface area contributed by atoms with Gasteiger partial charge in [0.25, 0.3) is 0 Å². The summed E-state index contributed by atoms with van der Waals surface area (Å²) in [6.07, 6.45) is 16.2. The van der Waals surface area contributed by atoms with Crippen LogP contribution >= 0.6 is 0 Å². The van der Waals surface area contributed by atoms with E-state index in [2.05, 4.69) is 47.6 Å². The SMILES string of the molecule is CC1CC2C3CC=C4C[C@@H](C)CC[C@]4(C)C3CC[C@]2(C)C[C@H](C)[C@@]2(CC[C@@H](C)CO2)O1. The molecule has 2 heteroatoms. The first-order chi connectivity index (χ1) is 14.7. The van der Waals surface area contributed by atoms with Gasteiger partial charge in [0.05, 0.1) is 12.7 Å². The van der Waals surface area contributed by atoms with Gasteiger partial charge in [0.15, 0.2) is 5.79 Å². The molecule has 2 saturated heterocycles. The Morgan fingerprint density at radius 1 is 0.903 bits per heavy atom. The Balaban J connectivity index is 1.42. The zero-order chi connectivity index (χ0) is 22.0. The number of allylic oxidation sites excluding steroid dienone is 2. The van der Waals surface area contributed by atoms with E-state index in [1.807, 2.05) is 5.57 Å². The first kappa shape index (κ1) is 22.5. The minimum atomic E-state index is -0.331. The maximum Gasteiger partial charge on any atom is 0.171 e. The highest BCUT2D eigenvalue weighted by Gasteiger charge is 2.57. The van der Waals surface area contributed by atoms with Crippen molar-refractivity contribution in [3.05, 3.63) is 11.6 Å². The van der Waals surface area contributed by atoms with E-state index >= 15 is 0 Å². The summed E-state index contributed by atoms with van der Waals surface area (Å²) in [4.78, 5) is 0. The zero-order valence-electron chi connectivity index (χ0n) is 21.2. The van der Waals surface area contributed by atoms with Crippen molar-refractivity contribution in [2.75, 3.05) is 6.61 Å². The van der Waals surface area contributed by atoms with Gasteiger partial charge < -0.3 is 9.47 Å². The van der Waals surface area contributed by atoms with E-state index in [9.17, 15) is 0 Å². The Kier molecular flexibility index (Phi) is 5.70. The number of rotatable bonds is 0. The Morgan fingerprint density at radius 2 is 1.68 bits per heavy atom. The summed E-state index contributed by atoms with van der Waals surface area (Å²) in [6, 6.07) is 0. The number of hydrogen-bond acceptors (Lipinski definition) is 2. The van der Waals surface area contributed by atoms with Crippen LogP contribution < -0.4 is 0 Å². The van der Waals surface area contributed by atoms with E-state index < -0.39 is 0 Å². The summed E-state index contributed by atoms with van der Waals surface area (Å²) in [5, 5.41) is 0. The zero-order valence-corrected chi connectivity index (χ0v) is 21.2. The fourth-order valence-electron chi connectivity index (χ4n) is 9.04. The molecule has 0 radical (unpaired) electrons. The first-order valence-electron chi connectivity index (χ1n) is 13.7. The lowest BCUT2D eigenvalue weighted by molar-refractivity contribution is -0.320. The minimum absolute atomic E-state index is 0.295. The van der Waals surface area contributed by atoms with Crippen molar-refractivity contribution < 1.29 is 9.47 Å². The van der Waals surface area contributed by atoms with Crippen LogP contribution in [-0.4, -0.2) is 18.5 Å². The van der Waals surface area contributed by atoms with E-state index in [0.717, 1.165) is 36.7 Å². The van der Waals surface area contributed by atoms with Gasteiger partial charge >= 0.3 is 0 Å². The number of ether oxygens (including phenoxy) is 2. The second-order valence-electron chi connectivity index (χ2n) is 13.3. The molecule has 0 aromatic rings. The van der Waals surface area contributed by atoms with Gasteiger partial charge in [0, 0.05) is 12.3 Å². The Morgan fingerprint density at radius 3 is 2.42 bits per heavy atom. The minimum Gasteiger partial charge on any atom is -0.349 e. The van der Waals surface area contributed by atoms with Crippen LogP contribution in [0.3, 0.4) is 0 Å². The van der Waals surface area contributed by atoms with Crippen LogP contribution in [0.25, 0.3) is 0 Å². The maximum absolute atomic E-state index is 6.86. The molecule has 3 aliphatic carbocycles. The van der Waals surface area contributed by atoms with E-state index in [1.165, 1.54) is 57.8 Å². The summed E-state index contributed by atoms with van der Waals surface area (Å²) in [5.41, 5.74) is 2.73. The number of hydrogen-bond donors (Lipinski definition) is 0. The highest BCUT2D eigenvalue weighted by Crippen LogP contribution is 2.64. The third-order valence-corrected chi connectivity index (χ3v) is 11.0. The highest BCUT2D eigenvalue weighted by atomic mass is 16.7. The molecular formula is C29H48O2. The molecule has 31 heavy (non-hydrogen) atoms. The third kappa shape index (κ3) is 3.67. The van der Waals surface area contributed by atoms with Gasteiger partial charge in [-0.05, 0) is 105 Å². The van der Waals surface area contributed by atoms with Gasteiger partial charge in [-0.15, -0.1) is 0 Å². The molecule has 5 aliphatic rings. The van der Waals surface area contributed by atoms with E-state index in [-0.39, 0.29) is 5.79 Å². The molecule has 10 atom stereocenters. The molecule has 2 aliphatic heterocycles. The molecule has 0 N–H and O–H groups in total. The first-order valence-corrected chi connectivity index (χ1v) is 13.7. The van der Waals surface area contributed by atoms with Crippen molar-refractivity contribution in [3.8, 4) is 0 Å². The molecule has 176 valence electrons. The summed E-state index contributed by atoms with van der Waals surface area (Å²) in [6.45, 7) is 15.7. The van der Waals surface area contributed by atoms with E-state index in [4.69, 9.17) is 9.47 Å². The summed E-state index contributed by atoms with van der Waals surface area (Å²) >= 11 is 0. The third-order valence-electron chi connectivity index (χ3n) is 11.0. The van der Waals surface area contributed by atoms with Gasteiger partial charge in [-0.25, -0.2) is 0 Å². The topological polar surface area (TPSA) is 18.5 Å². The molecule has 0 amide bonds. The fourth-order valence-corrected chi connectivity index (χ4v) is 9.04. The van der Waals surface area contributed by atoms with Crippen LogP contribution in [0.15, 0.2) is 11.6 Å². The summed E-state index contributed by atoms with van der Waals surface area (Å²) in [7, 11) is 0. The molecule has 0 bridgehead atoms. The summed E-state index contributed by atoms with van der Waals surface area (Å²) in [5.74, 6) is 4.23. The van der Waals surface area contributed by atoms with Crippen LogP contribution in [-0.2, 0) is 9.47 Å². The lowest BCUT2D eigenvalue weighted by Crippen LogP contribution is -2.56. The van der Waals surface area contributed by atoms with Gasteiger partial charge in [0.2, 0.25) is 0 Å². The van der Waals surface area contributed by atoms with Gasteiger partial charge in [0.1, 0.15) is 0 Å². The van der Waals surface area contributed by atoms with Crippen LogP contribution in [0.1, 0.15) is 106 Å². The summed E-state index contributed by atoms with van der Waals surface area (Å²) < 4.78 is 13.4. The molecule has 4 fully saturated rings. The average molecular weight is 429 g/mol. The largest absolute Gasteiger partial charge is 0.349 e. The Labute approximate surface area is 191 Å². The normalized spacial score (nSPS) is 55.3. The van der Waals surface area contributed by atoms with Gasteiger partial charge in [-0.2, -0.15) is 0 Å². The quantitative estimate of drug-likeness (QED) is 0.367. The molecule has 1 spiro atoms. The lowest BCUT2D eigenvalue weighted by Gasteiger charge is -2.61. The second kappa shape index (κ2) is 7.86. The van der Waals surface area contributed by atoms with Crippen molar-refractivity contribution in [1.29, 1.82) is 0 Å². The highest BCUT2D eigenvalue weighted by molar-refractivity contribution is 5.24. The standard InChI is InChI=1S/C29H48O2/c1-19-9-13-28(6)23(15-19)7-8-24-25(28)11-12-27(5)17-21(3)29(14-10-20(2)18-30-29)31-22(4)16-26(24)27/h7,19-22,24-26H,8-18H2,1-6H3/t19-,20+,21-,22?,24?,25?,26?,27+,28-,29+/m0/s1. The van der Waals surface area contributed by atoms with Crippen molar-refractivity contribution in [1.82, 2.24) is 0 Å². The lowest BCUT2D eigenvalue weighted by atomic mass is 9.45. The van der Waals surface area contributed by atoms with Crippen LogP contribution in [0.2, 0.25) is 0 Å². The molecule has 5 rings (SSSR count). The number of fused-ring (bicyclic) bond motifs is 5. The molecular weight excluding hydrogens is 380 g/mol. The van der Waals surface area contributed by atoms with Crippen LogP contribution in [0, 0.1) is 46.3 Å². The Bertz CT molecular complexity index is 704. The molecule has 2 heterocycles. The van der Waals surface area contributed by atoms with Gasteiger partial charge in [-0.1, -0.05) is 46.3 Å². The second-order valence-corrected chi connectivity index (χ2v) is 13.3. The fraction of sp³-hybridized carbons (Fsp3) is 0.931. The predicted molar refractivity (Wildman–Crippen MR) is 128 cm³/mol. The maximum atomic E-state index is 6.86. The molecule has 4 unspecified atom stereocenters. The monoisotopic (exact) mass is 428 g/mol. The molecule has 0 aromatic heterocycles. The van der Waals surface area contributed by atoms with Crippen molar-refractivity contribution in [2.45, 2.75) is 118 Å². The van der Waals surface area contributed by atoms with Crippen LogP contribution in [0.4, 0.5) is 0 Å². The van der Waals surface area contributed by atoms with Gasteiger partial charge in [-0.3, -0.25) is 0 Å². The van der Waals surface area contributed by atoms with Crippen molar-refractivity contribution >= 4 is 0 Å². The molecule has 2 saturated carbocycles. The van der Waals surface area contributed by atoms with Crippen molar-refractivity contribution in [2.24, 2.45) is 46.3 Å². The Hall–Kier alpha value is -0.340. The molecule has 2 nitrogen and oxygen atoms in total. The van der Waals surface area contributed by atoms with Crippen LogP contribution in [0.5, 0.6) is 0 Å². The average Bonchev–Trinajstić information content (AvgIpc) is 2.71.